The van der Waals surface area contributed by atoms with Crippen molar-refractivity contribution >= 4 is 40.7 Å². The molecule has 6 nitrogen and oxygen atoms in total. The van der Waals surface area contributed by atoms with Gasteiger partial charge in [0.05, 0.1) is 27.8 Å². The normalized spacial score (nSPS) is 12.1. The molecule has 0 saturated heterocycles. The molecular weight excluding hydrogens is 402 g/mol. The number of nitrogens with one attached hydrogen (secondary N) is 2. The van der Waals surface area contributed by atoms with Crippen molar-refractivity contribution in [2.24, 2.45) is 0 Å². The minimum absolute atomic E-state index is 0.0201. The largest absolute Gasteiger partial charge is 0.396 e. The van der Waals surface area contributed by atoms with Gasteiger partial charge in [-0.15, -0.1) is 0 Å². The van der Waals surface area contributed by atoms with Gasteiger partial charge >= 0.3 is 0 Å². The minimum Gasteiger partial charge on any atom is -0.396 e. The third kappa shape index (κ3) is 4.78. The molecule has 29 heavy (non-hydrogen) atoms. The lowest BCUT2D eigenvalue weighted by Gasteiger charge is -2.20. The topological polar surface area (TPSA) is 112 Å². The Hall–Kier alpha value is -2.84. The number of amides is 1. The maximum Gasteiger partial charge on any atom is 0.284 e. The lowest BCUT2D eigenvalue weighted by molar-refractivity contribution is -0.114. The summed E-state index contributed by atoms with van der Waals surface area (Å²) in [6.07, 6.45) is 2.11. The first kappa shape index (κ1) is 22.4. The van der Waals surface area contributed by atoms with E-state index >= 15 is 0 Å². The molecule has 0 radical (unpaired) electrons. The van der Waals surface area contributed by atoms with Gasteiger partial charge in [0.25, 0.3) is 5.91 Å². The van der Waals surface area contributed by atoms with Gasteiger partial charge in [-0.25, -0.2) is 8.78 Å². The van der Waals surface area contributed by atoms with Crippen LogP contribution in [0.25, 0.3) is 6.08 Å². The number of hydrogen-bond acceptors (Lipinski definition) is 5. The highest BCUT2D eigenvalue weighted by Gasteiger charge is 2.25. The van der Waals surface area contributed by atoms with Gasteiger partial charge in [0.1, 0.15) is 5.60 Å². The van der Waals surface area contributed by atoms with Crippen molar-refractivity contribution in [2.45, 2.75) is 33.3 Å². The number of aromatic nitrogens is 1. The highest BCUT2D eigenvalue weighted by atomic mass is 35.5. The summed E-state index contributed by atoms with van der Waals surface area (Å²) in [4.78, 5) is 16.2. The second-order valence-electron chi connectivity index (χ2n) is 7.00. The molecule has 0 aliphatic rings. The highest BCUT2D eigenvalue weighted by Crippen LogP contribution is 2.28. The molecule has 0 atom stereocenters. The molecule has 0 bridgehead atoms. The van der Waals surface area contributed by atoms with Crippen LogP contribution < -0.4 is 11.1 Å². The monoisotopic (exact) mass is 422 g/mol. The molecule has 0 aliphatic carbocycles. The van der Waals surface area contributed by atoms with E-state index < -0.39 is 28.8 Å². The van der Waals surface area contributed by atoms with E-state index in [4.69, 9.17) is 22.7 Å². The molecule has 1 amide bonds. The van der Waals surface area contributed by atoms with Crippen LogP contribution in [0.2, 0.25) is 5.02 Å². The Morgan fingerprint density at radius 3 is 2.59 bits per heavy atom. The summed E-state index contributed by atoms with van der Waals surface area (Å²) in [7, 11) is 0. The number of carbonyl (C=O) groups excluding carboxylic acids is 1. The first-order valence-electron chi connectivity index (χ1n) is 8.54. The van der Waals surface area contributed by atoms with Gasteiger partial charge in [-0.3, -0.25) is 9.78 Å². The van der Waals surface area contributed by atoms with Crippen LogP contribution in [0.5, 0.6) is 0 Å². The van der Waals surface area contributed by atoms with E-state index in [2.05, 4.69) is 10.3 Å². The Morgan fingerprint density at radius 2 is 2.00 bits per heavy atom. The first-order chi connectivity index (χ1) is 13.3. The number of aliphatic hydroxyl groups is 1. The molecule has 154 valence electrons. The third-order valence-electron chi connectivity index (χ3n) is 4.30. The van der Waals surface area contributed by atoms with Gasteiger partial charge in [-0.2, -0.15) is 0 Å². The number of pyridine rings is 1. The number of rotatable bonds is 5. The van der Waals surface area contributed by atoms with E-state index in [0.29, 0.717) is 22.4 Å². The molecule has 5 N–H and O–H groups in total. The molecule has 0 saturated carbocycles. The molecule has 2 rings (SSSR count). The number of nitrogens with two attached hydrogens (primary N) is 1. The average Bonchev–Trinajstić information content (AvgIpc) is 2.64. The molecule has 0 spiro atoms. The van der Waals surface area contributed by atoms with Crippen molar-refractivity contribution in [2.75, 3.05) is 11.1 Å². The summed E-state index contributed by atoms with van der Waals surface area (Å²) >= 11 is 5.97. The van der Waals surface area contributed by atoms with Gasteiger partial charge in [0, 0.05) is 17.3 Å². The van der Waals surface area contributed by atoms with Gasteiger partial charge in [-0.1, -0.05) is 23.7 Å². The van der Waals surface area contributed by atoms with E-state index in [1.54, 1.807) is 13.8 Å². The van der Waals surface area contributed by atoms with Crippen LogP contribution >= 0.6 is 11.6 Å². The van der Waals surface area contributed by atoms with Gasteiger partial charge in [0.2, 0.25) is 0 Å². The summed E-state index contributed by atoms with van der Waals surface area (Å²) in [6, 6.07) is 2.45. The lowest BCUT2D eigenvalue weighted by atomic mass is 9.93. The second-order valence-corrected chi connectivity index (χ2v) is 7.41. The van der Waals surface area contributed by atoms with Crippen molar-refractivity contribution in [3.63, 3.8) is 0 Å². The second kappa shape index (κ2) is 8.26. The number of carbonyl (C=O) groups is 1. The van der Waals surface area contributed by atoms with Crippen LogP contribution in [0.3, 0.4) is 0 Å². The molecule has 0 aliphatic heterocycles. The van der Waals surface area contributed by atoms with Crippen LogP contribution in [0.4, 0.5) is 20.2 Å². The molecular formula is C20H21ClF2N4O2. The summed E-state index contributed by atoms with van der Waals surface area (Å²) in [6.45, 7) is 5.99. The number of benzene rings is 1. The third-order valence-corrected chi connectivity index (χ3v) is 4.68. The average molecular weight is 423 g/mol. The molecule has 1 heterocycles. The van der Waals surface area contributed by atoms with E-state index in [-0.39, 0.29) is 22.5 Å². The number of anilines is 2. The summed E-state index contributed by atoms with van der Waals surface area (Å²) in [5.41, 5.74) is 4.38. The van der Waals surface area contributed by atoms with E-state index in [0.717, 1.165) is 0 Å². The predicted octanol–water partition coefficient (Wildman–Crippen LogP) is 4.16. The number of hydrogen-bond donors (Lipinski definition) is 4. The Kier molecular flexibility index (Phi) is 6.40. The predicted molar refractivity (Wildman–Crippen MR) is 110 cm³/mol. The van der Waals surface area contributed by atoms with Crippen molar-refractivity contribution in [1.29, 1.82) is 5.41 Å². The summed E-state index contributed by atoms with van der Waals surface area (Å²) in [5, 5.41) is 20.5. The quantitative estimate of drug-likeness (QED) is 0.329. The zero-order chi connectivity index (χ0) is 22.1. The van der Waals surface area contributed by atoms with Gasteiger partial charge in [0.15, 0.2) is 11.6 Å². The summed E-state index contributed by atoms with van der Waals surface area (Å²) < 4.78 is 29.0. The Balaban J connectivity index is 2.35. The van der Waals surface area contributed by atoms with Crippen molar-refractivity contribution in [3.05, 3.63) is 57.4 Å². The number of aryl methyl sites for hydroxylation is 1. The van der Waals surface area contributed by atoms with E-state index in [1.807, 2.05) is 0 Å². The highest BCUT2D eigenvalue weighted by molar-refractivity contribution is 6.31. The lowest BCUT2D eigenvalue weighted by Crippen LogP contribution is -2.32. The van der Waals surface area contributed by atoms with E-state index in [1.165, 1.54) is 32.2 Å². The Labute approximate surface area is 171 Å². The van der Waals surface area contributed by atoms with Crippen LogP contribution in [0, 0.1) is 25.1 Å². The van der Waals surface area contributed by atoms with Gasteiger partial charge in [-0.05, 0) is 39.3 Å². The fourth-order valence-corrected chi connectivity index (χ4v) is 2.68. The number of nitrogen functional groups attached to an aromatic ring is 1. The zero-order valence-electron chi connectivity index (χ0n) is 16.3. The number of halogens is 3. The molecule has 0 unspecified atom stereocenters. The molecule has 1 aromatic carbocycles. The van der Waals surface area contributed by atoms with Crippen molar-refractivity contribution in [1.82, 2.24) is 4.98 Å². The molecule has 0 fully saturated rings. The van der Waals surface area contributed by atoms with Crippen LogP contribution in [0.15, 0.2) is 24.2 Å². The van der Waals surface area contributed by atoms with Crippen molar-refractivity contribution < 1.29 is 18.7 Å². The molecule has 1 aromatic heterocycles. The molecule has 9 heteroatoms. The van der Waals surface area contributed by atoms with Crippen LogP contribution in [-0.4, -0.2) is 27.3 Å². The van der Waals surface area contributed by atoms with Crippen molar-refractivity contribution in [3.8, 4) is 0 Å². The van der Waals surface area contributed by atoms with Crippen LogP contribution in [-0.2, 0) is 4.79 Å². The standard InChI is InChI=1S/C20H21ClF2N4O2/c1-9-13(21)8-26-10(2)17(9)27-19(28)14(22)7-11-5-6-12(16(24)15(11)23)18(25)20(3,4)29/h5-8,25,29H,24H2,1-4H3,(H,27,28)/b14-7-,25-18?. The zero-order valence-corrected chi connectivity index (χ0v) is 17.1. The minimum atomic E-state index is -1.54. The SMILES string of the molecule is Cc1ncc(Cl)c(C)c1NC(=O)/C(F)=C/c1ccc(C(=N)C(C)(C)O)c(N)c1F. The molecule has 2 aromatic rings. The number of nitrogens with zero attached hydrogens (tertiary/aromatic N) is 1. The van der Waals surface area contributed by atoms with E-state index in [9.17, 15) is 18.7 Å². The maximum atomic E-state index is 14.6. The first-order valence-corrected chi connectivity index (χ1v) is 8.92. The van der Waals surface area contributed by atoms with Crippen LogP contribution in [0.1, 0.15) is 36.2 Å². The Morgan fingerprint density at radius 1 is 1.38 bits per heavy atom. The van der Waals surface area contributed by atoms with Gasteiger partial charge < -0.3 is 21.6 Å². The fraction of sp³-hybridized carbons (Fsp3) is 0.250. The summed E-state index contributed by atoms with van der Waals surface area (Å²) in [5.74, 6) is -3.37. The Bertz CT molecular complexity index is 1030. The smallest absolute Gasteiger partial charge is 0.284 e. The maximum absolute atomic E-state index is 14.6. The fourth-order valence-electron chi connectivity index (χ4n) is 2.53.